The van der Waals surface area contributed by atoms with E-state index in [2.05, 4.69) is 60.4 Å². The third-order valence-corrected chi connectivity index (χ3v) is 5.06. The molecule has 1 amide bonds. The van der Waals surface area contributed by atoms with Crippen LogP contribution >= 0.6 is 0 Å². The number of hydrogen-bond donors (Lipinski definition) is 1. The van der Waals surface area contributed by atoms with Crippen LogP contribution in [0.2, 0.25) is 0 Å². The quantitative estimate of drug-likeness (QED) is 0.593. The van der Waals surface area contributed by atoms with E-state index in [0.29, 0.717) is 6.42 Å². The van der Waals surface area contributed by atoms with Crippen LogP contribution in [0.25, 0.3) is 10.9 Å². The van der Waals surface area contributed by atoms with Crippen LogP contribution in [-0.2, 0) is 11.8 Å². The van der Waals surface area contributed by atoms with E-state index >= 15 is 0 Å². The normalized spacial score (nSPS) is 12.1. The SMILES string of the molecule is CCCCNC(=O)C[C@H](c1ccc(OC)cc1)c1cn(C)c2ccccc12. The number of aryl methyl sites for hydroxylation is 1. The van der Waals surface area contributed by atoms with Crippen LogP contribution in [0.4, 0.5) is 0 Å². The molecule has 0 saturated carbocycles. The number of aromatic nitrogens is 1. The predicted molar refractivity (Wildman–Crippen MR) is 110 cm³/mol. The molecular weight excluding hydrogens is 336 g/mol. The van der Waals surface area contributed by atoms with Gasteiger partial charge in [-0.05, 0) is 35.7 Å². The van der Waals surface area contributed by atoms with Crippen LogP contribution in [0, 0.1) is 0 Å². The van der Waals surface area contributed by atoms with Crippen molar-refractivity contribution < 1.29 is 9.53 Å². The number of benzene rings is 2. The summed E-state index contributed by atoms with van der Waals surface area (Å²) in [5.41, 5.74) is 3.49. The molecule has 0 aliphatic heterocycles. The summed E-state index contributed by atoms with van der Waals surface area (Å²) in [7, 11) is 3.72. The third-order valence-electron chi connectivity index (χ3n) is 5.06. The Labute approximate surface area is 161 Å². The smallest absolute Gasteiger partial charge is 0.220 e. The molecule has 0 saturated heterocycles. The van der Waals surface area contributed by atoms with Crippen LogP contribution in [0.15, 0.2) is 54.7 Å². The van der Waals surface area contributed by atoms with Crippen molar-refractivity contribution in [3.63, 3.8) is 0 Å². The van der Waals surface area contributed by atoms with Crippen LogP contribution in [0.5, 0.6) is 5.75 Å². The molecule has 3 rings (SSSR count). The topological polar surface area (TPSA) is 43.3 Å². The Morgan fingerprint density at radius 2 is 1.89 bits per heavy atom. The van der Waals surface area contributed by atoms with Crippen molar-refractivity contribution in [2.75, 3.05) is 13.7 Å². The molecule has 0 aliphatic carbocycles. The molecule has 1 heterocycles. The van der Waals surface area contributed by atoms with Crippen molar-refractivity contribution in [2.24, 2.45) is 7.05 Å². The van der Waals surface area contributed by atoms with E-state index in [4.69, 9.17) is 4.74 Å². The van der Waals surface area contributed by atoms with Gasteiger partial charge in [-0.15, -0.1) is 0 Å². The highest BCUT2D eigenvalue weighted by molar-refractivity contribution is 5.86. The molecule has 4 heteroatoms. The molecule has 0 aliphatic rings. The van der Waals surface area contributed by atoms with E-state index in [1.165, 1.54) is 16.5 Å². The molecule has 3 aromatic rings. The zero-order valence-corrected chi connectivity index (χ0v) is 16.4. The first-order valence-electron chi connectivity index (χ1n) is 9.58. The second-order valence-electron chi connectivity index (χ2n) is 6.95. The summed E-state index contributed by atoms with van der Waals surface area (Å²) in [5.74, 6) is 0.920. The van der Waals surface area contributed by atoms with Gasteiger partial charge in [-0.25, -0.2) is 0 Å². The average molecular weight is 364 g/mol. The maximum atomic E-state index is 12.6. The summed E-state index contributed by atoms with van der Waals surface area (Å²) in [6.45, 7) is 2.86. The largest absolute Gasteiger partial charge is 0.497 e. The van der Waals surface area contributed by atoms with Gasteiger partial charge < -0.3 is 14.6 Å². The number of nitrogens with zero attached hydrogens (tertiary/aromatic N) is 1. The van der Waals surface area contributed by atoms with Gasteiger partial charge in [0.2, 0.25) is 5.91 Å². The maximum Gasteiger partial charge on any atom is 0.220 e. The number of methoxy groups -OCH3 is 1. The zero-order chi connectivity index (χ0) is 19.2. The van der Waals surface area contributed by atoms with Gasteiger partial charge in [0.1, 0.15) is 5.75 Å². The number of rotatable bonds is 8. The number of carbonyl (C=O) groups excluding carboxylic acids is 1. The summed E-state index contributed by atoms with van der Waals surface area (Å²) in [6, 6.07) is 16.4. The number of ether oxygens (including phenoxy) is 1. The highest BCUT2D eigenvalue weighted by Gasteiger charge is 2.22. The summed E-state index contributed by atoms with van der Waals surface area (Å²) < 4.78 is 7.43. The van der Waals surface area contributed by atoms with E-state index < -0.39 is 0 Å². The molecular formula is C23H28N2O2. The Hall–Kier alpha value is -2.75. The van der Waals surface area contributed by atoms with E-state index in [-0.39, 0.29) is 11.8 Å². The lowest BCUT2D eigenvalue weighted by molar-refractivity contribution is -0.121. The number of carbonyl (C=O) groups is 1. The Bertz CT molecular complexity index is 896. The van der Waals surface area contributed by atoms with Gasteiger partial charge in [0.25, 0.3) is 0 Å². The second-order valence-corrected chi connectivity index (χ2v) is 6.95. The van der Waals surface area contributed by atoms with E-state index in [0.717, 1.165) is 30.7 Å². The van der Waals surface area contributed by atoms with E-state index in [9.17, 15) is 4.79 Å². The number of hydrogen-bond acceptors (Lipinski definition) is 2. The lowest BCUT2D eigenvalue weighted by Crippen LogP contribution is -2.26. The lowest BCUT2D eigenvalue weighted by Gasteiger charge is -2.18. The number of nitrogens with one attached hydrogen (secondary N) is 1. The Balaban J connectivity index is 1.96. The number of fused-ring (bicyclic) bond motifs is 1. The first kappa shape index (κ1) is 19.0. The standard InChI is InChI=1S/C23H28N2O2/c1-4-5-14-24-23(26)15-20(17-10-12-18(27-3)13-11-17)21-16-25(2)22-9-7-6-8-19(21)22/h6-13,16,20H,4-5,14-15H2,1-3H3,(H,24,26)/t20-/m1/s1. The summed E-state index contributed by atoms with van der Waals surface area (Å²) in [6.07, 6.45) is 4.67. The Morgan fingerprint density at radius 3 is 2.59 bits per heavy atom. The summed E-state index contributed by atoms with van der Waals surface area (Å²) in [5, 5.41) is 4.26. The van der Waals surface area contributed by atoms with Crippen molar-refractivity contribution in [1.29, 1.82) is 0 Å². The lowest BCUT2D eigenvalue weighted by atomic mass is 9.88. The third kappa shape index (κ3) is 4.33. The molecule has 1 N–H and O–H groups in total. The average Bonchev–Trinajstić information content (AvgIpc) is 3.03. The van der Waals surface area contributed by atoms with Crippen molar-refractivity contribution >= 4 is 16.8 Å². The highest BCUT2D eigenvalue weighted by atomic mass is 16.5. The fourth-order valence-corrected chi connectivity index (χ4v) is 3.56. The fraction of sp³-hybridized carbons (Fsp3) is 0.348. The molecule has 1 aromatic heterocycles. The van der Waals surface area contributed by atoms with Gasteiger partial charge in [0.15, 0.2) is 0 Å². The molecule has 0 fully saturated rings. The minimum Gasteiger partial charge on any atom is -0.497 e. The predicted octanol–water partition coefficient (Wildman–Crippen LogP) is 4.63. The number of amides is 1. The van der Waals surface area contributed by atoms with Gasteiger partial charge in [-0.1, -0.05) is 43.7 Å². The minimum atomic E-state index is 0.00336. The molecule has 2 aromatic carbocycles. The first-order valence-corrected chi connectivity index (χ1v) is 9.58. The fourth-order valence-electron chi connectivity index (χ4n) is 3.56. The van der Waals surface area contributed by atoms with Crippen LogP contribution in [-0.4, -0.2) is 24.1 Å². The van der Waals surface area contributed by atoms with Gasteiger partial charge in [-0.2, -0.15) is 0 Å². The molecule has 142 valence electrons. The van der Waals surface area contributed by atoms with Crippen molar-refractivity contribution in [3.05, 3.63) is 65.9 Å². The van der Waals surface area contributed by atoms with Crippen molar-refractivity contribution in [1.82, 2.24) is 9.88 Å². The molecule has 0 unspecified atom stereocenters. The first-order chi connectivity index (χ1) is 13.1. The van der Waals surface area contributed by atoms with Crippen LogP contribution in [0.1, 0.15) is 43.2 Å². The summed E-state index contributed by atoms with van der Waals surface area (Å²) >= 11 is 0. The van der Waals surface area contributed by atoms with E-state index in [1.807, 2.05) is 18.2 Å². The van der Waals surface area contributed by atoms with Gasteiger partial charge in [-0.3, -0.25) is 4.79 Å². The van der Waals surface area contributed by atoms with Crippen molar-refractivity contribution in [2.45, 2.75) is 32.1 Å². The molecule has 0 spiro atoms. The highest BCUT2D eigenvalue weighted by Crippen LogP contribution is 2.35. The zero-order valence-electron chi connectivity index (χ0n) is 16.4. The maximum absolute atomic E-state index is 12.6. The Kier molecular flexibility index (Phi) is 6.17. The van der Waals surface area contributed by atoms with Crippen LogP contribution < -0.4 is 10.1 Å². The molecule has 0 radical (unpaired) electrons. The molecule has 27 heavy (non-hydrogen) atoms. The van der Waals surface area contributed by atoms with Crippen molar-refractivity contribution in [3.8, 4) is 5.75 Å². The number of para-hydroxylation sites is 1. The number of unbranched alkanes of at least 4 members (excludes halogenated alkanes) is 1. The second kappa shape index (κ2) is 8.76. The molecule has 1 atom stereocenters. The Morgan fingerprint density at radius 1 is 1.15 bits per heavy atom. The molecule has 4 nitrogen and oxygen atoms in total. The van der Waals surface area contributed by atoms with Gasteiger partial charge in [0.05, 0.1) is 7.11 Å². The van der Waals surface area contributed by atoms with Crippen LogP contribution in [0.3, 0.4) is 0 Å². The minimum absolute atomic E-state index is 0.00336. The van der Waals surface area contributed by atoms with Gasteiger partial charge in [0, 0.05) is 43.0 Å². The monoisotopic (exact) mass is 364 g/mol. The molecule has 0 bridgehead atoms. The summed E-state index contributed by atoms with van der Waals surface area (Å²) in [4.78, 5) is 12.6. The van der Waals surface area contributed by atoms with Gasteiger partial charge >= 0.3 is 0 Å². The van der Waals surface area contributed by atoms with E-state index in [1.54, 1.807) is 7.11 Å².